The van der Waals surface area contributed by atoms with Gasteiger partial charge in [-0.2, -0.15) is 0 Å². The van der Waals surface area contributed by atoms with Crippen molar-refractivity contribution in [2.45, 2.75) is 13.8 Å². The average molecular weight is 386 g/mol. The molecule has 6 nitrogen and oxygen atoms in total. The Labute approximate surface area is 161 Å². The van der Waals surface area contributed by atoms with E-state index in [9.17, 15) is 9.59 Å². The maximum atomic E-state index is 12.1. The van der Waals surface area contributed by atoms with Crippen molar-refractivity contribution in [1.82, 2.24) is 0 Å². The van der Waals surface area contributed by atoms with E-state index < -0.39 is 11.9 Å². The first-order valence-corrected chi connectivity index (χ1v) is 8.58. The molecule has 0 spiro atoms. The minimum Gasteiger partial charge on any atom is -0.490 e. The summed E-state index contributed by atoms with van der Waals surface area (Å²) >= 11 is 5.87. The van der Waals surface area contributed by atoms with E-state index in [1.165, 1.54) is 6.92 Å². The van der Waals surface area contributed by atoms with Crippen LogP contribution in [0.25, 0.3) is 6.08 Å². The molecule has 0 N–H and O–H groups in total. The highest BCUT2D eigenvalue weighted by Crippen LogP contribution is 2.30. The Kier molecular flexibility index (Phi) is 5.57. The third-order valence-corrected chi connectivity index (χ3v) is 3.79. The number of hydrogen-bond acceptors (Lipinski definition) is 6. The fourth-order valence-corrected chi connectivity index (χ4v) is 2.53. The van der Waals surface area contributed by atoms with Crippen molar-refractivity contribution in [1.29, 1.82) is 0 Å². The zero-order valence-corrected chi connectivity index (χ0v) is 15.4. The van der Waals surface area contributed by atoms with Gasteiger partial charge in [-0.05, 0) is 55.0 Å². The SMILES string of the molecule is CCOc1cc(C=C2N=C(c3ccc(Cl)cc3)OC2=O)ccc1OC(C)=O. The summed E-state index contributed by atoms with van der Waals surface area (Å²) in [4.78, 5) is 27.6. The predicted octanol–water partition coefficient (Wildman–Crippen LogP) is 4.01. The van der Waals surface area contributed by atoms with Crippen molar-refractivity contribution in [3.05, 3.63) is 64.3 Å². The lowest BCUT2D eigenvalue weighted by molar-refractivity contribution is -0.132. The van der Waals surface area contributed by atoms with Crippen LogP contribution in [0.4, 0.5) is 0 Å². The number of esters is 2. The van der Waals surface area contributed by atoms with Crippen LogP contribution in [0.15, 0.2) is 53.2 Å². The fraction of sp³-hybridized carbons (Fsp3) is 0.150. The van der Waals surface area contributed by atoms with Gasteiger partial charge in [0.1, 0.15) is 0 Å². The molecule has 0 unspecified atom stereocenters. The molecule has 0 radical (unpaired) electrons. The Bertz CT molecular complexity index is 947. The van der Waals surface area contributed by atoms with Crippen LogP contribution in [0.2, 0.25) is 5.02 Å². The zero-order valence-electron chi connectivity index (χ0n) is 14.7. The molecule has 0 aromatic heterocycles. The molecule has 1 aliphatic rings. The number of rotatable bonds is 5. The highest BCUT2D eigenvalue weighted by molar-refractivity contribution is 6.30. The van der Waals surface area contributed by atoms with E-state index in [4.69, 9.17) is 25.8 Å². The molecule has 3 rings (SSSR count). The number of halogens is 1. The molecular weight excluding hydrogens is 370 g/mol. The molecular formula is C20H16ClNO5. The number of aliphatic imine (C=N–C) groups is 1. The van der Waals surface area contributed by atoms with E-state index in [0.717, 1.165) is 0 Å². The van der Waals surface area contributed by atoms with Gasteiger partial charge in [0.2, 0.25) is 5.90 Å². The molecule has 0 fully saturated rings. The summed E-state index contributed by atoms with van der Waals surface area (Å²) in [6.45, 7) is 3.53. The molecule has 0 atom stereocenters. The van der Waals surface area contributed by atoms with E-state index in [-0.39, 0.29) is 11.6 Å². The summed E-state index contributed by atoms with van der Waals surface area (Å²) in [6.07, 6.45) is 1.57. The van der Waals surface area contributed by atoms with E-state index in [1.54, 1.807) is 48.5 Å². The quantitative estimate of drug-likeness (QED) is 0.441. The zero-order chi connectivity index (χ0) is 19.4. The van der Waals surface area contributed by atoms with Gasteiger partial charge in [-0.1, -0.05) is 17.7 Å². The number of nitrogens with zero attached hydrogens (tertiary/aromatic N) is 1. The standard InChI is InChI=1S/C20H16ClNO5/c1-3-25-18-11-13(4-9-17(18)26-12(2)23)10-16-20(24)27-19(22-16)14-5-7-15(21)8-6-14/h4-11H,3H2,1-2H3. The van der Waals surface area contributed by atoms with Gasteiger partial charge in [0.05, 0.1) is 6.61 Å². The number of benzene rings is 2. The van der Waals surface area contributed by atoms with Crippen molar-refractivity contribution < 1.29 is 23.8 Å². The predicted molar refractivity (Wildman–Crippen MR) is 101 cm³/mol. The van der Waals surface area contributed by atoms with Gasteiger partial charge < -0.3 is 14.2 Å². The summed E-state index contributed by atoms with van der Waals surface area (Å²) in [5.41, 5.74) is 1.46. The van der Waals surface area contributed by atoms with Crippen LogP contribution in [0, 0.1) is 0 Å². The number of cyclic esters (lactones) is 1. The Morgan fingerprint density at radius 1 is 1.19 bits per heavy atom. The highest BCUT2D eigenvalue weighted by atomic mass is 35.5. The second kappa shape index (κ2) is 8.05. The maximum Gasteiger partial charge on any atom is 0.363 e. The van der Waals surface area contributed by atoms with Crippen LogP contribution in [-0.4, -0.2) is 24.4 Å². The van der Waals surface area contributed by atoms with Gasteiger partial charge in [0.15, 0.2) is 17.2 Å². The first-order chi connectivity index (χ1) is 13.0. The normalized spacial score (nSPS) is 14.7. The third kappa shape index (κ3) is 4.54. The van der Waals surface area contributed by atoms with Gasteiger partial charge in [0.25, 0.3) is 0 Å². The Morgan fingerprint density at radius 2 is 1.93 bits per heavy atom. The van der Waals surface area contributed by atoms with Crippen LogP contribution in [0.5, 0.6) is 11.5 Å². The topological polar surface area (TPSA) is 74.2 Å². The summed E-state index contributed by atoms with van der Waals surface area (Å²) in [6, 6.07) is 11.8. The summed E-state index contributed by atoms with van der Waals surface area (Å²) < 4.78 is 15.8. The second-order valence-electron chi connectivity index (χ2n) is 5.58. The Balaban J connectivity index is 1.91. The fourth-order valence-electron chi connectivity index (χ4n) is 2.40. The van der Waals surface area contributed by atoms with Crippen molar-refractivity contribution in [2.24, 2.45) is 4.99 Å². The molecule has 0 aliphatic carbocycles. The van der Waals surface area contributed by atoms with E-state index in [2.05, 4.69) is 4.99 Å². The summed E-state index contributed by atoms with van der Waals surface area (Å²) in [5, 5.41) is 0.579. The van der Waals surface area contributed by atoms with Crippen LogP contribution >= 0.6 is 11.6 Å². The van der Waals surface area contributed by atoms with Crippen molar-refractivity contribution in [3.8, 4) is 11.5 Å². The van der Waals surface area contributed by atoms with Crippen LogP contribution in [0.3, 0.4) is 0 Å². The van der Waals surface area contributed by atoms with Crippen molar-refractivity contribution in [3.63, 3.8) is 0 Å². The summed E-state index contributed by atoms with van der Waals surface area (Å²) in [7, 11) is 0. The number of carbonyl (C=O) groups excluding carboxylic acids is 2. The van der Waals surface area contributed by atoms with E-state index in [1.807, 2.05) is 6.92 Å². The van der Waals surface area contributed by atoms with Gasteiger partial charge in [0, 0.05) is 17.5 Å². The minimum absolute atomic E-state index is 0.155. The van der Waals surface area contributed by atoms with E-state index >= 15 is 0 Å². The third-order valence-electron chi connectivity index (χ3n) is 3.54. The number of hydrogen-bond donors (Lipinski definition) is 0. The van der Waals surface area contributed by atoms with Crippen molar-refractivity contribution >= 4 is 35.5 Å². The van der Waals surface area contributed by atoms with Gasteiger partial charge >= 0.3 is 11.9 Å². The lowest BCUT2D eigenvalue weighted by atomic mass is 10.1. The van der Waals surface area contributed by atoms with Crippen LogP contribution < -0.4 is 9.47 Å². The Hall–Kier alpha value is -3.12. The highest BCUT2D eigenvalue weighted by Gasteiger charge is 2.24. The summed E-state index contributed by atoms with van der Waals surface area (Å²) in [5.74, 6) is -0.0775. The van der Waals surface area contributed by atoms with Crippen molar-refractivity contribution in [2.75, 3.05) is 6.61 Å². The van der Waals surface area contributed by atoms with Crippen LogP contribution in [0.1, 0.15) is 25.0 Å². The first-order valence-electron chi connectivity index (χ1n) is 8.20. The van der Waals surface area contributed by atoms with Crippen LogP contribution in [-0.2, 0) is 14.3 Å². The molecule has 0 saturated heterocycles. The van der Waals surface area contributed by atoms with Gasteiger partial charge in [-0.15, -0.1) is 0 Å². The molecule has 1 heterocycles. The molecule has 2 aromatic carbocycles. The maximum absolute atomic E-state index is 12.1. The smallest absolute Gasteiger partial charge is 0.363 e. The molecule has 0 bridgehead atoms. The average Bonchev–Trinajstić information content (AvgIpc) is 2.98. The molecule has 2 aromatic rings. The monoisotopic (exact) mass is 385 g/mol. The second-order valence-corrected chi connectivity index (χ2v) is 6.01. The van der Waals surface area contributed by atoms with Gasteiger partial charge in [-0.3, -0.25) is 4.79 Å². The molecule has 0 saturated carbocycles. The largest absolute Gasteiger partial charge is 0.490 e. The lowest BCUT2D eigenvalue weighted by Crippen LogP contribution is -2.05. The molecule has 7 heteroatoms. The first kappa shape index (κ1) is 18.7. The van der Waals surface area contributed by atoms with E-state index in [0.29, 0.717) is 34.3 Å². The molecule has 1 aliphatic heterocycles. The lowest BCUT2D eigenvalue weighted by Gasteiger charge is -2.10. The number of carbonyl (C=O) groups is 2. The number of ether oxygens (including phenoxy) is 3. The minimum atomic E-state index is -0.554. The molecule has 0 amide bonds. The Morgan fingerprint density at radius 3 is 2.59 bits per heavy atom. The molecule has 27 heavy (non-hydrogen) atoms. The molecule has 138 valence electrons. The van der Waals surface area contributed by atoms with Gasteiger partial charge in [-0.25, -0.2) is 9.79 Å².